The van der Waals surface area contributed by atoms with Crippen molar-refractivity contribution in [3.8, 4) is 22.3 Å². The number of aliphatic hydroxyl groups is 1. The number of pyridine rings is 1. The van der Waals surface area contributed by atoms with Gasteiger partial charge in [0.05, 0.1) is 24.4 Å². The Bertz CT molecular complexity index is 1320. The Labute approximate surface area is 187 Å². The molecule has 0 bridgehead atoms. The summed E-state index contributed by atoms with van der Waals surface area (Å²) in [5.41, 5.74) is 8.47. The van der Waals surface area contributed by atoms with Crippen LogP contribution in [0.25, 0.3) is 22.3 Å². The van der Waals surface area contributed by atoms with Crippen molar-refractivity contribution in [3.63, 3.8) is 0 Å². The van der Waals surface area contributed by atoms with Crippen molar-refractivity contribution < 1.29 is 23.2 Å². The maximum atomic E-state index is 14.9. The predicted octanol–water partition coefficient (Wildman–Crippen LogP) is 4.04. The van der Waals surface area contributed by atoms with Gasteiger partial charge in [-0.2, -0.15) is 0 Å². The smallest absolute Gasteiger partial charge is 0.254 e. The van der Waals surface area contributed by atoms with Gasteiger partial charge in [-0.3, -0.25) is 4.79 Å². The molecule has 0 aliphatic heterocycles. The Morgan fingerprint density at radius 3 is 2.61 bits per heavy atom. The van der Waals surface area contributed by atoms with Gasteiger partial charge >= 0.3 is 0 Å². The van der Waals surface area contributed by atoms with Gasteiger partial charge in [0.2, 0.25) is 0 Å². The molecule has 0 spiro atoms. The number of carbonyl (C=O) groups is 1. The second-order valence-corrected chi connectivity index (χ2v) is 7.41. The van der Waals surface area contributed by atoms with Crippen LogP contribution in [0.4, 0.5) is 14.6 Å². The van der Waals surface area contributed by atoms with Gasteiger partial charge in [0.15, 0.2) is 0 Å². The first-order valence-electron chi connectivity index (χ1n) is 10.0. The Morgan fingerprint density at radius 2 is 1.94 bits per heavy atom. The molecular formula is C24H20F2N4O3. The molecule has 0 saturated carbocycles. The lowest BCUT2D eigenvalue weighted by atomic mass is 10.00. The van der Waals surface area contributed by atoms with E-state index >= 15 is 0 Å². The largest absolute Gasteiger partial charge is 0.394 e. The SMILES string of the molecule is Cc1oncc1-c1cnc(N)c(-c2ccc(C(=O)NC(CO)c3cccc(F)c3)c(F)c2)c1. The number of nitrogens with two attached hydrogens (primary N) is 1. The fourth-order valence-corrected chi connectivity index (χ4v) is 3.49. The molecule has 2 heterocycles. The van der Waals surface area contributed by atoms with E-state index in [-0.39, 0.29) is 11.4 Å². The monoisotopic (exact) mass is 450 g/mol. The minimum atomic E-state index is -0.893. The Hall–Kier alpha value is -4.11. The van der Waals surface area contributed by atoms with E-state index in [1.54, 1.807) is 37.5 Å². The van der Waals surface area contributed by atoms with Crippen LogP contribution in [0, 0.1) is 18.6 Å². The molecular weight excluding hydrogens is 430 g/mol. The molecule has 0 fully saturated rings. The summed E-state index contributed by atoms with van der Waals surface area (Å²) in [5, 5.41) is 15.9. The molecule has 168 valence electrons. The minimum absolute atomic E-state index is 0.191. The summed E-state index contributed by atoms with van der Waals surface area (Å²) in [6.07, 6.45) is 3.12. The number of amides is 1. The third-order valence-electron chi connectivity index (χ3n) is 5.24. The molecule has 2 aromatic heterocycles. The number of hydrogen-bond acceptors (Lipinski definition) is 6. The van der Waals surface area contributed by atoms with Gasteiger partial charge in [0, 0.05) is 22.9 Å². The third-order valence-corrected chi connectivity index (χ3v) is 5.24. The molecule has 9 heteroatoms. The number of rotatable bonds is 6. The number of anilines is 1. The molecule has 1 amide bonds. The highest BCUT2D eigenvalue weighted by Gasteiger charge is 2.19. The van der Waals surface area contributed by atoms with Crippen molar-refractivity contribution in [3.05, 3.63) is 89.4 Å². The molecule has 4 N–H and O–H groups in total. The number of nitrogens with one attached hydrogen (secondary N) is 1. The van der Waals surface area contributed by atoms with Crippen LogP contribution in [0.5, 0.6) is 0 Å². The van der Waals surface area contributed by atoms with Crippen LogP contribution in [-0.2, 0) is 0 Å². The summed E-state index contributed by atoms with van der Waals surface area (Å²) in [6, 6.07) is 10.4. The fraction of sp³-hybridized carbons (Fsp3) is 0.125. The molecule has 4 rings (SSSR count). The van der Waals surface area contributed by atoms with Crippen molar-refractivity contribution in [2.24, 2.45) is 0 Å². The lowest BCUT2D eigenvalue weighted by Crippen LogP contribution is -2.31. The number of aliphatic hydroxyl groups excluding tert-OH is 1. The van der Waals surface area contributed by atoms with Crippen LogP contribution in [0.3, 0.4) is 0 Å². The highest BCUT2D eigenvalue weighted by molar-refractivity contribution is 5.95. The maximum Gasteiger partial charge on any atom is 0.254 e. The van der Waals surface area contributed by atoms with E-state index in [9.17, 15) is 18.7 Å². The molecule has 2 aromatic carbocycles. The van der Waals surface area contributed by atoms with Gasteiger partial charge in [-0.1, -0.05) is 23.4 Å². The molecule has 33 heavy (non-hydrogen) atoms. The van der Waals surface area contributed by atoms with Gasteiger partial charge in [0.25, 0.3) is 5.91 Å². The van der Waals surface area contributed by atoms with Crippen LogP contribution >= 0.6 is 0 Å². The van der Waals surface area contributed by atoms with E-state index in [1.807, 2.05) is 0 Å². The fourth-order valence-electron chi connectivity index (χ4n) is 3.49. The molecule has 7 nitrogen and oxygen atoms in total. The predicted molar refractivity (Wildman–Crippen MR) is 118 cm³/mol. The molecule has 1 unspecified atom stereocenters. The lowest BCUT2D eigenvalue weighted by Gasteiger charge is -2.17. The number of aromatic nitrogens is 2. The van der Waals surface area contributed by atoms with E-state index in [4.69, 9.17) is 10.3 Å². The van der Waals surface area contributed by atoms with E-state index < -0.39 is 30.2 Å². The van der Waals surface area contributed by atoms with Crippen LogP contribution in [0.15, 0.2) is 65.4 Å². The molecule has 4 aromatic rings. The van der Waals surface area contributed by atoms with E-state index in [2.05, 4.69) is 15.5 Å². The quantitative estimate of drug-likeness (QED) is 0.409. The number of hydrogen-bond donors (Lipinski definition) is 3. The van der Waals surface area contributed by atoms with Gasteiger partial charge in [-0.25, -0.2) is 13.8 Å². The summed E-state index contributed by atoms with van der Waals surface area (Å²) in [4.78, 5) is 16.8. The first-order chi connectivity index (χ1) is 15.9. The molecule has 0 radical (unpaired) electrons. The van der Waals surface area contributed by atoms with Crippen LogP contribution < -0.4 is 11.1 Å². The summed E-state index contributed by atoms with van der Waals surface area (Å²) in [7, 11) is 0. The van der Waals surface area contributed by atoms with Gasteiger partial charge < -0.3 is 20.7 Å². The number of halogens is 2. The zero-order valence-electron chi connectivity index (χ0n) is 17.5. The molecule has 0 aliphatic carbocycles. The number of aryl methyl sites for hydroxylation is 1. The highest BCUT2D eigenvalue weighted by atomic mass is 19.1. The Kier molecular flexibility index (Phi) is 6.14. The number of nitrogen functional groups attached to an aromatic ring is 1. The first kappa shape index (κ1) is 22.1. The molecule has 1 atom stereocenters. The zero-order valence-corrected chi connectivity index (χ0v) is 17.5. The standard InChI is InChI=1S/C24H20F2N4O3/c1-13-20(11-29-33-13)16-8-19(23(27)28-10-16)14-5-6-18(21(26)9-14)24(32)30-22(12-31)15-3-2-4-17(25)7-15/h2-11,22,31H,12H2,1H3,(H2,27,28)(H,30,32). The number of carbonyl (C=O) groups excluding carboxylic acids is 1. The van der Waals surface area contributed by atoms with E-state index in [0.29, 0.717) is 28.0 Å². The third kappa shape index (κ3) is 4.58. The Morgan fingerprint density at radius 1 is 1.12 bits per heavy atom. The second-order valence-electron chi connectivity index (χ2n) is 7.41. The van der Waals surface area contributed by atoms with Crippen molar-refractivity contribution in [1.29, 1.82) is 0 Å². The number of benzene rings is 2. The van der Waals surface area contributed by atoms with Crippen molar-refractivity contribution in [1.82, 2.24) is 15.5 Å². The molecule has 0 aliphatic rings. The first-order valence-corrected chi connectivity index (χ1v) is 10.0. The lowest BCUT2D eigenvalue weighted by molar-refractivity contribution is 0.0912. The maximum absolute atomic E-state index is 14.9. The van der Waals surface area contributed by atoms with Gasteiger partial charge in [-0.05, 0) is 48.4 Å². The van der Waals surface area contributed by atoms with Crippen molar-refractivity contribution in [2.75, 3.05) is 12.3 Å². The van der Waals surface area contributed by atoms with Crippen LogP contribution in [0.1, 0.15) is 27.7 Å². The van der Waals surface area contributed by atoms with Crippen LogP contribution in [-0.4, -0.2) is 27.8 Å². The topological polar surface area (TPSA) is 114 Å². The molecule has 0 saturated heterocycles. The number of nitrogens with zero attached hydrogens (tertiary/aromatic N) is 2. The van der Waals surface area contributed by atoms with Crippen molar-refractivity contribution in [2.45, 2.75) is 13.0 Å². The summed E-state index contributed by atoms with van der Waals surface area (Å²) < 4.78 is 33.5. The summed E-state index contributed by atoms with van der Waals surface area (Å²) >= 11 is 0. The van der Waals surface area contributed by atoms with Crippen LogP contribution in [0.2, 0.25) is 0 Å². The highest BCUT2D eigenvalue weighted by Crippen LogP contribution is 2.31. The average molecular weight is 450 g/mol. The van der Waals surface area contributed by atoms with Crippen molar-refractivity contribution >= 4 is 11.7 Å². The van der Waals surface area contributed by atoms with Gasteiger partial charge in [-0.15, -0.1) is 0 Å². The summed E-state index contributed by atoms with van der Waals surface area (Å²) in [6.45, 7) is 1.28. The normalized spacial score (nSPS) is 11.9. The average Bonchev–Trinajstić information content (AvgIpc) is 3.23. The second kappa shape index (κ2) is 9.17. The zero-order chi connectivity index (χ0) is 23.5. The van der Waals surface area contributed by atoms with E-state index in [0.717, 1.165) is 5.56 Å². The van der Waals surface area contributed by atoms with Gasteiger partial charge in [0.1, 0.15) is 23.2 Å². The minimum Gasteiger partial charge on any atom is -0.394 e. The van der Waals surface area contributed by atoms with E-state index in [1.165, 1.54) is 30.3 Å². The Balaban J connectivity index is 1.61. The summed E-state index contributed by atoms with van der Waals surface area (Å²) in [5.74, 6) is -1.25.